The Hall–Kier alpha value is -0.160. The highest BCUT2D eigenvalue weighted by atomic mass is 15.2. The minimum atomic E-state index is 1.09. The lowest BCUT2D eigenvalue weighted by Crippen LogP contribution is -2.37. The average molecular weight is 244 g/mol. The zero-order valence-electron chi connectivity index (χ0n) is 12.5. The molecule has 0 rings (SSSR count). The molecule has 17 heavy (non-hydrogen) atoms. The Morgan fingerprint density at radius 3 is 1.88 bits per heavy atom. The molecule has 1 N–H and O–H groups in total. The van der Waals surface area contributed by atoms with E-state index >= 15 is 0 Å². The topological polar surface area (TPSA) is 21.8 Å². The molecule has 0 aromatic carbocycles. The van der Waals surface area contributed by atoms with Crippen LogP contribution in [0, 0.1) is 0 Å². The van der Waals surface area contributed by atoms with Crippen LogP contribution in [0.3, 0.4) is 0 Å². The molecule has 0 aromatic heterocycles. The fraction of sp³-hybridized carbons (Fsp3) is 1.00. The normalized spacial score (nSPS) is 12.0. The van der Waals surface area contributed by atoms with Gasteiger partial charge in [-0.1, -0.05) is 13.8 Å². The van der Waals surface area contributed by atoms with Gasteiger partial charge in [-0.3, -0.25) is 0 Å². The summed E-state index contributed by atoms with van der Waals surface area (Å²) in [6, 6.07) is 0. The van der Waals surface area contributed by atoms with E-state index in [4.69, 9.17) is 0 Å². The van der Waals surface area contributed by atoms with Crippen molar-refractivity contribution in [1.82, 2.24) is 20.0 Å². The molecular formula is C13H32N4. The number of rotatable bonds is 11. The predicted octanol–water partition coefficient (Wildman–Crippen LogP) is 0.411. The number of hydrogen-bond acceptors (Lipinski definition) is 4. The van der Waals surface area contributed by atoms with Gasteiger partial charge in [0.1, 0.15) is 0 Å². The summed E-state index contributed by atoms with van der Waals surface area (Å²) in [6.45, 7) is 13.5. The van der Waals surface area contributed by atoms with Gasteiger partial charge in [-0.2, -0.15) is 0 Å². The van der Waals surface area contributed by atoms with E-state index in [9.17, 15) is 0 Å². The monoisotopic (exact) mass is 244 g/mol. The molecule has 4 heteroatoms. The summed E-state index contributed by atoms with van der Waals surface area (Å²) in [5, 5.41) is 3.51. The van der Waals surface area contributed by atoms with Crippen molar-refractivity contribution in [1.29, 1.82) is 0 Å². The number of nitrogens with zero attached hydrogens (tertiary/aromatic N) is 3. The Morgan fingerprint density at radius 2 is 1.35 bits per heavy atom. The Balaban J connectivity index is 3.32. The van der Waals surface area contributed by atoms with Crippen molar-refractivity contribution in [2.24, 2.45) is 0 Å². The molecule has 0 aliphatic carbocycles. The Morgan fingerprint density at radius 1 is 0.765 bits per heavy atom. The van der Waals surface area contributed by atoms with Gasteiger partial charge < -0.3 is 20.0 Å². The quantitative estimate of drug-likeness (QED) is 0.532. The fourth-order valence-corrected chi connectivity index (χ4v) is 1.65. The van der Waals surface area contributed by atoms with E-state index < -0.39 is 0 Å². The zero-order chi connectivity index (χ0) is 13.1. The van der Waals surface area contributed by atoms with Crippen LogP contribution in [-0.2, 0) is 0 Å². The van der Waals surface area contributed by atoms with E-state index in [-0.39, 0.29) is 0 Å². The van der Waals surface area contributed by atoms with Crippen LogP contribution in [0.5, 0.6) is 0 Å². The summed E-state index contributed by atoms with van der Waals surface area (Å²) in [5.74, 6) is 0. The van der Waals surface area contributed by atoms with Crippen molar-refractivity contribution in [2.45, 2.75) is 13.8 Å². The maximum Gasteiger partial charge on any atom is 0.0107 e. The standard InChI is InChI=1S/C13H32N4/c1-6-17(7-2)11-9-14-8-10-16(5)13-12-15(3)4/h14H,6-13H2,1-5H3. The third-order valence-corrected chi connectivity index (χ3v) is 3.10. The minimum absolute atomic E-state index is 1.09. The van der Waals surface area contributed by atoms with E-state index in [1.165, 1.54) is 0 Å². The van der Waals surface area contributed by atoms with Crippen molar-refractivity contribution in [3.8, 4) is 0 Å². The molecule has 0 atom stereocenters. The average Bonchev–Trinajstić information content (AvgIpc) is 2.31. The summed E-state index contributed by atoms with van der Waals surface area (Å²) in [7, 11) is 6.43. The van der Waals surface area contributed by atoms with Gasteiger partial charge in [0.05, 0.1) is 0 Å². The van der Waals surface area contributed by atoms with Gasteiger partial charge in [0.2, 0.25) is 0 Å². The number of nitrogens with one attached hydrogen (secondary N) is 1. The van der Waals surface area contributed by atoms with Crippen LogP contribution in [0.4, 0.5) is 0 Å². The van der Waals surface area contributed by atoms with Crippen LogP contribution in [0.25, 0.3) is 0 Å². The van der Waals surface area contributed by atoms with Crippen LogP contribution in [0.1, 0.15) is 13.8 Å². The Kier molecular flexibility index (Phi) is 10.9. The fourth-order valence-electron chi connectivity index (χ4n) is 1.65. The third-order valence-electron chi connectivity index (χ3n) is 3.10. The molecule has 0 radical (unpaired) electrons. The molecule has 0 unspecified atom stereocenters. The molecule has 0 bridgehead atoms. The smallest absolute Gasteiger partial charge is 0.0107 e. The van der Waals surface area contributed by atoms with Gasteiger partial charge in [0.25, 0.3) is 0 Å². The van der Waals surface area contributed by atoms with E-state index in [1.54, 1.807) is 0 Å². The third kappa shape index (κ3) is 10.7. The van der Waals surface area contributed by atoms with E-state index in [1.807, 2.05) is 0 Å². The van der Waals surface area contributed by atoms with Crippen LogP contribution < -0.4 is 5.32 Å². The van der Waals surface area contributed by atoms with Gasteiger partial charge in [0.15, 0.2) is 0 Å². The van der Waals surface area contributed by atoms with Gasteiger partial charge in [0, 0.05) is 39.3 Å². The molecule has 4 nitrogen and oxygen atoms in total. The van der Waals surface area contributed by atoms with Crippen molar-refractivity contribution in [2.75, 3.05) is 73.5 Å². The first kappa shape index (κ1) is 16.8. The highest BCUT2D eigenvalue weighted by molar-refractivity contribution is 4.59. The zero-order valence-corrected chi connectivity index (χ0v) is 12.5. The number of hydrogen-bond donors (Lipinski definition) is 1. The van der Waals surface area contributed by atoms with Crippen LogP contribution in [0.15, 0.2) is 0 Å². The molecular weight excluding hydrogens is 212 g/mol. The van der Waals surface area contributed by atoms with Gasteiger partial charge in [-0.05, 0) is 34.2 Å². The van der Waals surface area contributed by atoms with Crippen molar-refractivity contribution >= 4 is 0 Å². The minimum Gasteiger partial charge on any atom is -0.314 e. The second-order valence-corrected chi connectivity index (χ2v) is 4.88. The first-order valence-corrected chi connectivity index (χ1v) is 6.86. The molecule has 0 aromatic rings. The Labute approximate surface area is 108 Å². The largest absolute Gasteiger partial charge is 0.314 e. The van der Waals surface area contributed by atoms with Crippen molar-refractivity contribution < 1.29 is 0 Å². The Bertz CT molecular complexity index is 157. The molecule has 0 aliphatic rings. The van der Waals surface area contributed by atoms with E-state index in [0.717, 1.165) is 52.4 Å². The first-order valence-electron chi connectivity index (χ1n) is 6.86. The lowest BCUT2D eigenvalue weighted by atomic mass is 10.4. The van der Waals surface area contributed by atoms with Crippen LogP contribution in [-0.4, -0.2) is 88.2 Å². The molecule has 0 saturated carbocycles. The van der Waals surface area contributed by atoms with Crippen LogP contribution in [0.2, 0.25) is 0 Å². The number of likely N-dealkylation sites (N-methyl/N-ethyl adjacent to an activating group) is 3. The highest BCUT2D eigenvalue weighted by Gasteiger charge is 2.00. The summed E-state index contributed by atoms with van der Waals surface area (Å²) >= 11 is 0. The van der Waals surface area contributed by atoms with Gasteiger partial charge >= 0.3 is 0 Å². The van der Waals surface area contributed by atoms with Gasteiger partial charge in [-0.25, -0.2) is 0 Å². The highest BCUT2D eigenvalue weighted by Crippen LogP contribution is 1.85. The van der Waals surface area contributed by atoms with Crippen molar-refractivity contribution in [3.05, 3.63) is 0 Å². The molecule has 0 heterocycles. The maximum atomic E-state index is 3.51. The molecule has 0 amide bonds. The summed E-state index contributed by atoms with van der Waals surface area (Å²) in [6.07, 6.45) is 0. The molecule has 0 spiro atoms. The lowest BCUT2D eigenvalue weighted by Gasteiger charge is -2.21. The van der Waals surface area contributed by atoms with E-state index in [2.05, 4.69) is 55.0 Å². The second kappa shape index (κ2) is 11.0. The van der Waals surface area contributed by atoms with Crippen LogP contribution >= 0.6 is 0 Å². The maximum absolute atomic E-state index is 3.51. The SMILES string of the molecule is CCN(CC)CCNCCN(C)CCN(C)C. The first-order chi connectivity index (χ1) is 8.10. The van der Waals surface area contributed by atoms with Gasteiger partial charge in [-0.15, -0.1) is 0 Å². The molecule has 0 saturated heterocycles. The summed E-state index contributed by atoms with van der Waals surface area (Å²) < 4.78 is 0. The lowest BCUT2D eigenvalue weighted by molar-refractivity contribution is 0.273. The predicted molar refractivity (Wildman–Crippen MR) is 76.7 cm³/mol. The molecule has 104 valence electrons. The summed E-state index contributed by atoms with van der Waals surface area (Å²) in [5.41, 5.74) is 0. The molecule has 0 aliphatic heterocycles. The summed E-state index contributed by atoms with van der Waals surface area (Å²) in [4.78, 5) is 7.05. The molecule has 0 fully saturated rings. The van der Waals surface area contributed by atoms with Crippen molar-refractivity contribution in [3.63, 3.8) is 0 Å². The van der Waals surface area contributed by atoms with E-state index in [0.29, 0.717) is 0 Å². The second-order valence-electron chi connectivity index (χ2n) is 4.88.